The summed E-state index contributed by atoms with van der Waals surface area (Å²) in [5.41, 5.74) is 3.79. The molecule has 4 aromatic rings. The number of methoxy groups -OCH3 is 1. The van der Waals surface area contributed by atoms with Crippen LogP contribution in [0.25, 0.3) is 0 Å². The van der Waals surface area contributed by atoms with Gasteiger partial charge in [0.25, 0.3) is 5.91 Å². The highest BCUT2D eigenvalue weighted by Crippen LogP contribution is 2.39. The average molecular weight is 672 g/mol. The first-order chi connectivity index (χ1) is 24.4. The number of hydrogen-bond donors (Lipinski definition) is 1. The number of anilines is 1. The molecule has 10 heteroatoms. The first-order valence-electron chi connectivity index (χ1n) is 17.1. The maximum absolute atomic E-state index is 14.7. The Morgan fingerprint density at radius 3 is 2.24 bits per heavy atom. The second-order valence-electron chi connectivity index (χ2n) is 12.6. The van der Waals surface area contributed by atoms with E-state index in [1.807, 2.05) is 121 Å². The number of nitrogens with zero attached hydrogens (tertiary/aromatic N) is 4. The van der Waals surface area contributed by atoms with Crippen molar-refractivity contribution in [1.29, 1.82) is 0 Å². The molecule has 10 nitrogen and oxygen atoms in total. The molecule has 2 atom stereocenters. The maximum atomic E-state index is 14.7. The second-order valence-corrected chi connectivity index (χ2v) is 12.6. The summed E-state index contributed by atoms with van der Waals surface area (Å²) in [6, 6.07) is 32.9. The van der Waals surface area contributed by atoms with Crippen LogP contribution in [-0.2, 0) is 16.0 Å². The molecular formula is C40H41N5O5. The Kier molecular flexibility index (Phi) is 9.42. The number of ether oxygens (including phenoxy) is 2. The predicted molar refractivity (Wildman–Crippen MR) is 191 cm³/mol. The molecule has 1 fully saturated rings. The third-order valence-corrected chi connectivity index (χ3v) is 9.69. The molecule has 2 unspecified atom stereocenters. The number of rotatable bonds is 10. The summed E-state index contributed by atoms with van der Waals surface area (Å²) < 4.78 is 11.7. The van der Waals surface area contributed by atoms with Crippen LogP contribution in [0, 0.1) is 0 Å². The van der Waals surface area contributed by atoms with Crippen LogP contribution in [0.2, 0.25) is 0 Å². The third kappa shape index (κ3) is 6.48. The summed E-state index contributed by atoms with van der Waals surface area (Å²) in [6.07, 6.45) is 0.358. The van der Waals surface area contributed by atoms with Crippen molar-refractivity contribution in [3.05, 3.63) is 132 Å². The Hall–Kier alpha value is -5.77. The van der Waals surface area contributed by atoms with Crippen LogP contribution in [0.1, 0.15) is 24.1 Å². The van der Waals surface area contributed by atoms with Crippen molar-refractivity contribution in [2.75, 3.05) is 51.3 Å². The van der Waals surface area contributed by atoms with Crippen molar-refractivity contribution < 1.29 is 23.9 Å². The van der Waals surface area contributed by atoms with Crippen molar-refractivity contribution in [2.24, 2.45) is 0 Å². The lowest BCUT2D eigenvalue weighted by atomic mass is 9.95. The van der Waals surface area contributed by atoms with E-state index < -0.39 is 12.1 Å². The fourth-order valence-corrected chi connectivity index (χ4v) is 7.17. The summed E-state index contributed by atoms with van der Waals surface area (Å²) in [6.45, 7) is 4.73. The highest BCUT2D eigenvalue weighted by molar-refractivity contribution is 6.03. The van der Waals surface area contributed by atoms with E-state index >= 15 is 0 Å². The van der Waals surface area contributed by atoms with Gasteiger partial charge in [0.15, 0.2) is 0 Å². The number of hydrogen-bond acceptors (Lipinski definition) is 6. The van der Waals surface area contributed by atoms with Crippen LogP contribution in [0.4, 0.5) is 10.5 Å². The first-order valence-corrected chi connectivity index (χ1v) is 17.1. The van der Waals surface area contributed by atoms with Gasteiger partial charge in [0.1, 0.15) is 23.3 Å². The van der Waals surface area contributed by atoms with Gasteiger partial charge in [-0.2, -0.15) is 0 Å². The number of nitrogens with one attached hydrogen (secondary N) is 1. The largest absolute Gasteiger partial charge is 0.495 e. The number of benzene rings is 4. The highest BCUT2D eigenvalue weighted by atomic mass is 16.5. The molecule has 0 bridgehead atoms. The van der Waals surface area contributed by atoms with E-state index in [9.17, 15) is 14.4 Å². The molecule has 0 saturated carbocycles. The van der Waals surface area contributed by atoms with E-state index in [4.69, 9.17) is 9.47 Å². The SMILES string of the molecule is CCN1C(=O)NC(c2cccc(Oc3ccccc3)c2)C2=C1CN(C(Cc1ccccc1)C(=O)N1CCN(c3ccccc3OC)CC1)C2=O. The molecule has 7 rings (SSSR count). The normalized spacial score (nSPS) is 18.2. The fraction of sp³-hybridized carbons (Fsp3) is 0.275. The van der Waals surface area contributed by atoms with Crippen LogP contribution in [0.5, 0.6) is 17.2 Å². The molecule has 4 amide bonds. The third-order valence-electron chi connectivity index (χ3n) is 9.69. The molecule has 4 aromatic carbocycles. The van der Waals surface area contributed by atoms with Gasteiger partial charge in [0.2, 0.25) is 5.91 Å². The molecule has 0 radical (unpaired) electrons. The minimum absolute atomic E-state index is 0.0983. The van der Waals surface area contributed by atoms with Gasteiger partial charge in [0.05, 0.1) is 36.7 Å². The van der Waals surface area contributed by atoms with Gasteiger partial charge in [-0.05, 0) is 54.4 Å². The molecular weight excluding hydrogens is 630 g/mol. The minimum Gasteiger partial charge on any atom is -0.495 e. The van der Waals surface area contributed by atoms with E-state index in [2.05, 4.69) is 10.2 Å². The van der Waals surface area contributed by atoms with Crippen LogP contribution >= 0.6 is 0 Å². The Balaban J connectivity index is 1.17. The average Bonchev–Trinajstić information content (AvgIpc) is 3.50. The molecule has 3 aliphatic heterocycles. The zero-order valence-electron chi connectivity index (χ0n) is 28.3. The zero-order valence-corrected chi connectivity index (χ0v) is 28.3. The number of carbonyl (C=O) groups excluding carboxylic acids is 3. The number of amides is 4. The summed E-state index contributed by atoms with van der Waals surface area (Å²) in [7, 11) is 1.66. The summed E-state index contributed by atoms with van der Waals surface area (Å²) in [5, 5.41) is 3.07. The van der Waals surface area contributed by atoms with Gasteiger partial charge in [0, 0.05) is 39.1 Å². The van der Waals surface area contributed by atoms with E-state index in [1.54, 1.807) is 16.9 Å². The zero-order chi connectivity index (χ0) is 34.6. The Bertz CT molecular complexity index is 1890. The van der Waals surface area contributed by atoms with Gasteiger partial charge >= 0.3 is 6.03 Å². The molecule has 0 aliphatic carbocycles. The second kappa shape index (κ2) is 14.4. The van der Waals surface area contributed by atoms with Gasteiger partial charge in [-0.25, -0.2) is 4.79 Å². The number of likely N-dealkylation sites (N-methyl/N-ethyl adjacent to an activating group) is 1. The predicted octanol–water partition coefficient (Wildman–Crippen LogP) is 5.63. The van der Waals surface area contributed by atoms with Crippen LogP contribution in [0.3, 0.4) is 0 Å². The Morgan fingerprint density at radius 1 is 0.840 bits per heavy atom. The van der Waals surface area contributed by atoms with Crippen LogP contribution in [0.15, 0.2) is 120 Å². The van der Waals surface area contributed by atoms with Crippen LogP contribution < -0.4 is 19.7 Å². The standard InChI is InChI=1S/C40H41N5O5/c1-3-44-34-27-45(39(47)36(34)37(41-40(44)48)29-15-12-18-31(26-29)50-30-16-8-5-9-17-30)33(25-28-13-6-4-7-14-28)38(46)43-23-21-42(22-24-43)32-19-10-11-20-35(32)49-2/h4-20,26,33,37H,3,21-25,27H2,1-2H3,(H,41,48). The first kappa shape index (κ1) is 32.8. The Morgan fingerprint density at radius 2 is 1.52 bits per heavy atom. The quantitative estimate of drug-likeness (QED) is 0.235. The topological polar surface area (TPSA) is 94.7 Å². The molecule has 0 aromatic heterocycles. The summed E-state index contributed by atoms with van der Waals surface area (Å²) in [5.74, 6) is 1.72. The van der Waals surface area contributed by atoms with Gasteiger partial charge in [-0.3, -0.25) is 14.5 Å². The molecule has 3 heterocycles. The molecule has 3 aliphatic rings. The smallest absolute Gasteiger partial charge is 0.322 e. The van der Waals surface area contributed by atoms with Gasteiger partial charge in [-0.1, -0.05) is 72.8 Å². The maximum Gasteiger partial charge on any atom is 0.322 e. The number of piperazine rings is 1. The molecule has 0 spiro atoms. The fourth-order valence-electron chi connectivity index (χ4n) is 7.17. The molecule has 1 saturated heterocycles. The monoisotopic (exact) mass is 671 g/mol. The van der Waals surface area contributed by atoms with Crippen molar-refractivity contribution in [2.45, 2.75) is 25.4 Å². The van der Waals surface area contributed by atoms with Crippen molar-refractivity contribution in [3.8, 4) is 17.2 Å². The van der Waals surface area contributed by atoms with E-state index in [0.717, 1.165) is 22.6 Å². The Labute approximate surface area is 292 Å². The number of carbonyl (C=O) groups is 3. The van der Waals surface area contributed by atoms with Gasteiger partial charge < -0.3 is 29.5 Å². The van der Waals surface area contributed by atoms with Crippen LogP contribution in [-0.4, -0.2) is 85.0 Å². The summed E-state index contributed by atoms with van der Waals surface area (Å²) >= 11 is 0. The van der Waals surface area contributed by atoms with Gasteiger partial charge in [-0.15, -0.1) is 0 Å². The highest BCUT2D eigenvalue weighted by Gasteiger charge is 2.47. The summed E-state index contributed by atoms with van der Waals surface area (Å²) in [4.78, 5) is 50.1. The van der Waals surface area contributed by atoms with Crippen molar-refractivity contribution in [3.63, 3.8) is 0 Å². The van der Waals surface area contributed by atoms with Crippen molar-refractivity contribution >= 4 is 23.5 Å². The van der Waals surface area contributed by atoms with Crippen molar-refractivity contribution in [1.82, 2.24) is 20.0 Å². The lowest BCUT2D eigenvalue weighted by Gasteiger charge is -2.39. The van der Waals surface area contributed by atoms with E-state index in [0.29, 0.717) is 61.9 Å². The number of urea groups is 1. The molecule has 256 valence electrons. The molecule has 1 N–H and O–H groups in total. The minimum atomic E-state index is -0.754. The lowest BCUT2D eigenvalue weighted by molar-refractivity contribution is -0.143. The number of para-hydroxylation sites is 3. The molecule has 50 heavy (non-hydrogen) atoms. The lowest BCUT2D eigenvalue weighted by Crippen LogP contribution is -2.56. The van der Waals surface area contributed by atoms with E-state index in [1.165, 1.54) is 0 Å². The van der Waals surface area contributed by atoms with E-state index in [-0.39, 0.29) is 24.4 Å².